The zero-order valence-corrected chi connectivity index (χ0v) is 11.2. The molecule has 3 nitrogen and oxygen atoms in total. The van der Waals surface area contributed by atoms with Gasteiger partial charge in [0.15, 0.2) is 0 Å². The quantitative estimate of drug-likeness (QED) is 0.812. The summed E-state index contributed by atoms with van der Waals surface area (Å²) >= 11 is 0. The van der Waals surface area contributed by atoms with Gasteiger partial charge in [-0.2, -0.15) is 0 Å². The lowest BCUT2D eigenvalue weighted by Gasteiger charge is -2.09. The van der Waals surface area contributed by atoms with Crippen molar-refractivity contribution in [3.8, 4) is 16.9 Å². The molecule has 3 heteroatoms. The highest BCUT2D eigenvalue weighted by atomic mass is 16.5. The Bertz CT molecular complexity index is 615. The molecule has 1 heterocycles. The van der Waals surface area contributed by atoms with Gasteiger partial charge in [0.2, 0.25) is 0 Å². The van der Waals surface area contributed by atoms with Gasteiger partial charge < -0.3 is 9.30 Å². The lowest BCUT2D eigenvalue weighted by Crippen LogP contribution is -2.18. The van der Waals surface area contributed by atoms with Crippen LogP contribution in [0.5, 0.6) is 5.75 Å². The van der Waals surface area contributed by atoms with Crippen molar-refractivity contribution in [2.45, 2.75) is 13.8 Å². The van der Waals surface area contributed by atoms with Gasteiger partial charge in [0.25, 0.3) is 5.56 Å². The van der Waals surface area contributed by atoms with E-state index < -0.39 is 0 Å². The van der Waals surface area contributed by atoms with Gasteiger partial charge in [-0.3, -0.25) is 4.79 Å². The molecule has 0 N–H and O–H groups in total. The lowest BCUT2D eigenvalue weighted by molar-refractivity contribution is 0.412. The van der Waals surface area contributed by atoms with Crippen molar-refractivity contribution in [3.05, 3.63) is 51.9 Å². The van der Waals surface area contributed by atoms with Crippen molar-refractivity contribution < 1.29 is 4.74 Å². The molecule has 0 aliphatic rings. The minimum atomic E-state index is 0.0397. The zero-order chi connectivity index (χ0) is 13.3. The maximum absolute atomic E-state index is 11.7. The van der Waals surface area contributed by atoms with Crippen molar-refractivity contribution in [2.75, 3.05) is 7.11 Å². The fourth-order valence-electron chi connectivity index (χ4n) is 2.04. The summed E-state index contributed by atoms with van der Waals surface area (Å²) in [6.07, 6.45) is 1.85. The molecule has 2 aromatic rings. The van der Waals surface area contributed by atoms with Crippen molar-refractivity contribution in [1.29, 1.82) is 0 Å². The first-order valence-corrected chi connectivity index (χ1v) is 5.85. The van der Waals surface area contributed by atoms with Gasteiger partial charge in [-0.25, -0.2) is 0 Å². The molecule has 1 aromatic heterocycles. The Labute approximate surface area is 107 Å². The maximum Gasteiger partial charge on any atom is 0.253 e. The average molecular weight is 243 g/mol. The van der Waals surface area contributed by atoms with E-state index in [0.29, 0.717) is 0 Å². The summed E-state index contributed by atoms with van der Waals surface area (Å²) in [7, 11) is 3.43. The minimum Gasteiger partial charge on any atom is -0.496 e. The van der Waals surface area contributed by atoms with E-state index in [1.165, 1.54) is 0 Å². The van der Waals surface area contributed by atoms with Gasteiger partial charge in [-0.15, -0.1) is 0 Å². The minimum absolute atomic E-state index is 0.0397. The summed E-state index contributed by atoms with van der Waals surface area (Å²) in [5, 5.41) is 0. The third-order valence-electron chi connectivity index (χ3n) is 3.10. The lowest BCUT2D eigenvalue weighted by atomic mass is 10.0. The molecule has 0 unspecified atom stereocenters. The highest BCUT2D eigenvalue weighted by molar-refractivity contribution is 5.65. The molecule has 2 rings (SSSR count). The third kappa shape index (κ3) is 2.16. The summed E-state index contributed by atoms with van der Waals surface area (Å²) in [6.45, 7) is 3.84. The topological polar surface area (TPSA) is 31.2 Å². The number of aromatic nitrogens is 1. The summed E-state index contributed by atoms with van der Waals surface area (Å²) in [5.74, 6) is 0.860. The molecule has 0 radical (unpaired) electrons. The molecule has 0 spiro atoms. The van der Waals surface area contributed by atoms with E-state index in [9.17, 15) is 4.79 Å². The van der Waals surface area contributed by atoms with Crippen LogP contribution in [-0.2, 0) is 7.05 Å². The average Bonchev–Trinajstić information content (AvgIpc) is 2.36. The number of rotatable bonds is 2. The third-order valence-corrected chi connectivity index (χ3v) is 3.10. The molecular formula is C15H17NO2. The van der Waals surface area contributed by atoms with Crippen molar-refractivity contribution in [2.24, 2.45) is 7.05 Å². The normalized spacial score (nSPS) is 10.4. The first-order chi connectivity index (χ1) is 8.52. The van der Waals surface area contributed by atoms with Crippen molar-refractivity contribution in [3.63, 3.8) is 0 Å². The Morgan fingerprint density at radius 2 is 1.78 bits per heavy atom. The number of hydrogen-bond donors (Lipinski definition) is 0. The van der Waals surface area contributed by atoms with E-state index in [0.717, 1.165) is 28.0 Å². The Morgan fingerprint density at radius 1 is 1.06 bits per heavy atom. The smallest absolute Gasteiger partial charge is 0.253 e. The first kappa shape index (κ1) is 12.4. The van der Waals surface area contributed by atoms with Crippen LogP contribution in [0.25, 0.3) is 11.1 Å². The Kier molecular flexibility index (Phi) is 3.24. The van der Waals surface area contributed by atoms with Crippen LogP contribution in [0.1, 0.15) is 11.1 Å². The van der Waals surface area contributed by atoms with Gasteiger partial charge >= 0.3 is 0 Å². The number of pyridine rings is 1. The largest absolute Gasteiger partial charge is 0.496 e. The number of nitrogens with zero attached hydrogens (tertiary/aromatic N) is 1. The SMILES string of the molecule is COc1cc(-c2cc(C)c(=O)n(C)c2)ccc1C. The Balaban J connectivity index is 2.59. The van der Waals surface area contributed by atoms with Crippen LogP contribution in [0.4, 0.5) is 0 Å². The molecule has 0 aliphatic heterocycles. The number of aryl methyl sites for hydroxylation is 3. The second kappa shape index (κ2) is 4.69. The summed E-state index contributed by atoms with van der Waals surface area (Å²) in [4.78, 5) is 11.7. The number of benzene rings is 1. The standard InChI is InChI=1S/C15H17NO2/c1-10-5-6-12(8-14(10)18-4)13-7-11(2)15(17)16(3)9-13/h5-9H,1-4H3. The van der Waals surface area contributed by atoms with Crippen LogP contribution in [0, 0.1) is 13.8 Å². The maximum atomic E-state index is 11.7. The number of methoxy groups -OCH3 is 1. The van der Waals surface area contributed by atoms with E-state index in [1.54, 1.807) is 18.7 Å². The zero-order valence-electron chi connectivity index (χ0n) is 11.2. The van der Waals surface area contributed by atoms with E-state index >= 15 is 0 Å². The van der Waals surface area contributed by atoms with E-state index in [2.05, 4.69) is 0 Å². The number of ether oxygens (including phenoxy) is 1. The summed E-state index contributed by atoms with van der Waals surface area (Å²) < 4.78 is 6.93. The molecular weight excluding hydrogens is 226 g/mol. The molecule has 0 bridgehead atoms. The van der Waals surface area contributed by atoms with Crippen LogP contribution >= 0.6 is 0 Å². The molecule has 0 atom stereocenters. The Hall–Kier alpha value is -2.03. The van der Waals surface area contributed by atoms with Crippen LogP contribution in [0.2, 0.25) is 0 Å². The molecule has 0 saturated carbocycles. The van der Waals surface area contributed by atoms with Gasteiger partial charge in [0.05, 0.1) is 7.11 Å². The van der Waals surface area contributed by atoms with Gasteiger partial charge in [0, 0.05) is 18.8 Å². The molecule has 0 saturated heterocycles. The van der Waals surface area contributed by atoms with Crippen LogP contribution in [-0.4, -0.2) is 11.7 Å². The second-order valence-electron chi connectivity index (χ2n) is 4.51. The van der Waals surface area contributed by atoms with Crippen LogP contribution < -0.4 is 10.3 Å². The molecule has 1 aromatic carbocycles. The molecule has 0 aliphatic carbocycles. The van der Waals surface area contributed by atoms with E-state index in [1.807, 2.05) is 44.3 Å². The second-order valence-corrected chi connectivity index (χ2v) is 4.51. The number of hydrogen-bond acceptors (Lipinski definition) is 2. The predicted molar refractivity (Wildman–Crippen MR) is 73.1 cm³/mol. The molecule has 0 fully saturated rings. The van der Waals surface area contributed by atoms with Crippen molar-refractivity contribution in [1.82, 2.24) is 4.57 Å². The van der Waals surface area contributed by atoms with Crippen LogP contribution in [0.15, 0.2) is 35.3 Å². The monoisotopic (exact) mass is 243 g/mol. The molecule has 18 heavy (non-hydrogen) atoms. The van der Waals surface area contributed by atoms with Gasteiger partial charge in [0.1, 0.15) is 5.75 Å². The van der Waals surface area contributed by atoms with Gasteiger partial charge in [-0.1, -0.05) is 12.1 Å². The fraction of sp³-hybridized carbons (Fsp3) is 0.267. The first-order valence-electron chi connectivity index (χ1n) is 5.85. The fourth-order valence-corrected chi connectivity index (χ4v) is 2.04. The van der Waals surface area contributed by atoms with Gasteiger partial charge in [-0.05, 0) is 42.7 Å². The summed E-state index contributed by atoms with van der Waals surface area (Å²) in [6, 6.07) is 7.97. The molecule has 0 amide bonds. The Morgan fingerprint density at radius 3 is 2.39 bits per heavy atom. The highest BCUT2D eigenvalue weighted by Crippen LogP contribution is 2.26. The van der Waals surface area contributed by atoms with E-state index in [4.69, 9.17) is 4.74 Å². The van der Waals surface area contributed by atoms with E-state index in [-0.39, 0.29) is 5.56 Å². The summed E-state index contributed by atoms with van der Waals surface area (Å²) in [5.41, 5.74) is 3.96. The molecule has 94 valence electrons. The predicted octanol–water partition coefficient (Wildman–Crippen LogP) is 2.68. The highest BCUT2D eigenvalue weighted by Gasteiger charge is 2.05. The van der Waals surface area contributed by atoms with Crippen LogP contribution in [0.3, 0.4) is 0 Å². The van der Waals surface area contributed by atoms with Crippen molar-refractivity contribution >= 4 is 0 Å².